The SMILES string of the molecule is CC(C)(C)[C](=[Ge])O[Si](C)(C)C. The predicted molar refractivity (Wildman–Crippen MR) is 54.6 cm³/mol. The van der Waals surface area contributed by atoms with Gasteiger partial charge in [-0.15, -0.1) is 0 Å². The van der Waals surface area contributed by atoms with Gasteiger partial charge in [-0.1, -0.05) is 0 Å². The van der Waals surface area contributed by atoms with E-state index in [1.54, 1.807) is 0 Å². The standard InChI is InChI=1S/C8H18GeOSi/c1-8(2,3)7(9)10-11(4,5)6/h1-6H3. The second-order valence-corrected chi connectivity index (χ2v) is 10.2. The summed E-state index contributed by atoms with van der Waals surface area (Å²) in [4.78, 5) is 0. The third-order valence-electron chi connectivity index (χ3n) is 1.09. The summed E-state index contributed by atoms with van der Waals surface area (Å²) in [6, 6.07) is 0. The van der Waals surface area contributed by atoms with Gasteiger partial charge in [0.15, 0.2) is 0 Å². The summed E-state index contributed by atoms with van der Waals surface area (Å²) < 4.78 is 7.02. The quantitative estimate of drug-likeness (QED) is 0.661. The average Bonchev–Trinajstić information content (AvgIpc) is 1.56. The van der Waals surface area contributed by atoms with Gasteiger partial charge in [0.05, 0.1) is 0 Å². The Bertz CT molecular complexity index is 152. The summed E-state index contributed by atoms with van der Waals surface area (Å²) in [7, 11) is -1.37. The molecule has 0 aliphatic rings. The van der Waals surface area contributed by atoms with Gasteiger partial charge < -0.3 is 0 Å². The fourth-order valence-electron chi connectivity index (χ4n) is 0.459. The first-order chi connectivity index (χ1) is 4.63. The third-order valence-corrected chi connectivity index (χ3v) is 4.12. The van der Waals surface area contributed by atoms with Gasteiger partial charge in [0.1, 0.15) is 0 Å². The average molecular weight is 231 g/mol. The Morgan fingerprint density at radius 3 is 1.64 bits per heavy atom. The molecule has 64 valence electrons. The summed E-state index contributed by atoms with van der Waals surface area (Å²) in [6.45, 7) is 13.2. The normalized spacial score (nSPS) is 12.9. The summed E-state index contributed by atoms with van der Waals surface area (Å²) in [6.07, 6.45) is 0. The molecule has 0 aliphatic carbocycles. The van der Waals surface area contributed by atoms with E-state index in [-0.39, 0.29) is 5.41 Å². The first kappa shape index (κ1) is 11.4. The molecule has 0 aromatic rings. The molecule has 0 bridgehead atoms. The van der Waals surface area contributed by atoms with E-state index in [0.717, 1.165) is 4.54 Å². The Balaban J connectivity index is 4.11. The third kappa shape index (κ3) is 5.67. The van der Waals surface area contributed by atoms with Crippen molar-refractivity contribution >= 4 is 28.9 Å². The number of rotatable bonds is 2. The van der Waals surface area contributed by atoms with Crippen LogP contribution in [0, 0.1) is 5.41 Å². The number of hydrogen-bond donors (Lipinski definition) is 0. The molecule has 0 saturated carbocycles. The Hall–Kier alpha value is 0.430. The molecule has 0 aliphatic heterocycles. The van der Waals surface area contributed by atoms with Crippen LogP contribution in [0.2, 0.25) is 19.6 Å². The molecule has 0 unspecified atom stereocenters. The van der Waals surface area contributed by atoms with Crippen LogP contribution in [-0.4, -0.2) is 28.9 Å². The van der Waals surface area contributed by atoms with Crippen LogP contribution in [-0.2, 0) is 4.43 Å². The Morgan fingerprint density at radius 1 is 1.18 bits per heavy atom. The van der Waals surface area contributed by atoms with E-state index in [1.165, 1.54) is 0 Å². The monoisotopic (exact) mass is 232 g/mol. The maximum atomic E-state index is 5.86. The zero-order chi connectivity index (χ0) is 9.28. The molecule has 11 heavy (non-hydrogen) atoms. The minimum absolute atomic E-state index is 0.195. The predicted octanol–water partition coefficient (Wildman–Crippen LogP) is 2.18. The van der Waals surface area contributed by atoms with Crippen LogP contribution in [0.3, 0.4) is 0 Å². The second-order valence-electron chi connectivity index (χ2n) is 4.79. The molecule has 2 radical (unpaired) electrons. The van der Waals surface area contributed by atoms with Crippen molar-refractivity contribution in [1.29, 1.82) is 0 Å². The van der Waals surface area contributed by atoms with Crippen LogP contribution in [0.25, 0.3) is 0 Å². The Kier molecular flexibility index (Phi) is 3.57. The molecule has 0 rings (SSSR count). The summed E-state index contributed by atoms with van der Waals surface area (Å²) in [5.41, 5.74) is 0.195. The van der Waals surface area contributed by atoms with Crippen LogP contribution >= 0.6 is 0 Å². The van der Waals surface area contributed by atoms with Gasteiger partial charge in [-0.3, -0.25) is 0 Å². The molecule has 0 heterocycles. The molecule has 0 saturated heterocycles. The molecule has 0 amide bonds. The van der Waals surface area contributed by atoms with Crippen molar-refractivity contribution in [3.05, 3.63) is 0 Å². The van der Waals surface area contributed by atoms with Crippen LogP contribution < -0.4 is 0 Å². The zero-order valence-electron chi connectivity index (χ0n) is 8.41. The van der Waals surface area contributed by atoms with E-state index in [4.69, 9.17) is 4.43 Å². The van der Waals surface area contributed by atoms with Crippen molar-refractivity contribution < 1.29 is 4.43 Å². The molecule has 0 aromatic heterocycles. The first-order valence-corrected chi connectivity index (χ1v) is 8.37. The molecule has 0 aromatic carbocycles. The van der Waals surface area contributed by atoms with E-state index in [2.05, 4.69) is 56.5 Å². The van der Waals surface area contributed by atoms with E-state index < -0.39 is 8.32 Å². The molecule has 0 fully saturated rings. The van der Waals surface area contributed by atoms with Gasteiger partial charge in [-0.05, 0) is 0 Å². The van der Waals surface area contributed by atoms with Crippen molar-refractivity contribution in [3.63, 3.8) is 0 Å². The van der Waals surface area contributed by atoms with Crippen molar-refractivity contribution in [2.75, 3.05) is 0 Å². The molecule has 0 spiro atoms. The van der Waals surface area contributed by atoms with E-state index in [9.17, 15) is 0 Å². The van der Waals surface area contributed by atoms with Crippen LogP contribution in [0.5, 0.6) is 0 Å². The van der Waals surface area contributed by atoms with Gasteiger partial charge in [0.2, 0.25) is 0 Å². The zero-order valence-corrected chi connectivity index (χ0v) is 11.5. The minimum atomic E-state index is -1.37. The Labute approximate surface area is 79.4 Å². The van der Waals surface area contributed by atoms with Crippen molar-refractivity contribution in [3.8, 4) is 0 Å². The van der Waals surface area contributed by atoms with E-state index >= 15 is 0 Å². The number of hydrogen-bond acceptors (Lipinski definition) is 1. The van der Waals surface area contributed by atoms with Gasteiger partial charge >= 0.3 is 79.2 Å². The van der Waals surface area contributed by atoms with Crippen LogP contribution in [0.15, 0.2) is 0 Å². The second kappa shape index (κ2) is 3.44. The molecular formula is C8H18GeOSi. The van der Waals surface area contributed by atoms with Crippen LogP contribution in [0.1, 0.15) is 20.8 Å². The van der Waals surface area contributed by atoms with Gasteiger partial charge in [0, 0.05) is 0 Å². The molecule has 1 nitrogen and oxygen atoms in total. The van der Waals surface area contributed by atoms with E-state index in [1.807, 2.05) is 0 Å². The first-order valence-electron chi connectivity index (χ1n) is 3.91. The van der Waals surface area contributed by atoms with E-state index in [0.29, 0.717) is 0 Å². The fraction of sp³-hybridized carbons (Fsp3) is 0.875. The van der Waals surface area contributed by atoms with Crippen LogP contribution in [0.4, 0.5) is 0 Å². The molecule has 3 heteroatoms. The van der Waals surface area contributed by atoms with Crippen molar-refractivity contribution in [2.24, 2.45) is 5.41 Å². The molecule has 0 atom stereocenters. The Morgan fingerprint density at radius 2 is 1.55 bits per heavy atom. The van der Waals surface area contributed by atoms with Gasteiger partial charge in [0.25, 0.3) is 0 Å². The van der Waals surface area contributed by atoms with Crippen molar-refractivity contribution in [1.82, 2.24) is 0 Å². The van der Waals surface area contributed by atoms with Gasteiger partial charge in [-0.2, -0.15) is 0 Å². The summed E-state index contributed by atoms with van der Waals surface area (Å²) in [5.74, 6) is 0. The fourth-order valence-corrected chi connectivity index (χ4v) is 3.31. The van der Waals surface area contributed by atoms with Gasteiger partial charge in [-0.25, -0.2) is 0 Å². The molecular weight excluding hydrogens is 213 g/mol. The molecule has 0 N–H and O–H groups in total. The maximum absolute atomic E-state index is 5.86. The summed E-state index contributed by atoms with van der Waals surface area (Å²) >= 11 is 2.08. The summed E-state index contributed by atoms with van der Waals surface area (Å²) in [5, 5.41) is 0. The topological polar surface area (TPSA) is 9.23 Å². The van der Waals surface area contributed by atoms with Crippen molar-refractivity contribution in [2.45, 2.75) is 40.4 Å².